The summed E-state index contributed by atoms with van der Waals surface area (Å²) in [7, 11) is 0. The van der Waals surface area contributed by atoms with Crippen LogP contribution in [0, 0.1) is 5.92 Å². The van der Waals surface area contributed by atoms with E-state index >= 15 is 0 Å². The van der Waals surface area contributed by atoms with E-state index in [1.165, 1.54) is 5.56 Å². The van der Waals surface area contributed by atoms with Crippen LogP contribution in [-0.4, -0.2) is 18.5 Å². The molecule has 1 aromatic rings. The highest BCUT2D eigenvalue weighted by molar-refractivity contribution is 5.95. The molecule has 3 heteroatoms. The maximum Gasteiger partial charge on any atom is 0.241 e. The van der Waals surface area contributed by atoms with E-state index in [1.54, 1.807) is 0 Å². The first-order valence-corrected chi connectivity index (χ1v) is 6.72. The number of hydrogen-bond donors (Lipinski definition) is 2. The van der Waals surface area contributed by atoms with Crippen LogP contribution >= 0.6 is 0 Å². The summed E-state index contributed by atoms with van der Waals surface area (Å²) in [4.78, 5) is 12.1. The molecule has 1 saturated heterocycles. The molecule has 98 valence electrons. The molecule has 1 aromatic carbocycles. The van der Waals surface area contributed by atoms with Gasteiger partial charge in [-0.1, -0.05) is 32.9 Å². The van der Waals surface area contributed by atoms with Crippen LogP contribution in [-0.2, 0) is 4.79 Å². The summed E-state index contributed by atoms with van der Waals surface area (Å²) in [5, 5.41) is 6.22. The zero-order valence-corrected chi connectivity index (χ0v) is 11.4. The first kappa shape index (κ1) is 13.1. The second-order valence-corrected chi connectivity index (χ2v) is 5.46. The van der Waals surface area contributed by atoms with Crippen molar-refractivity contribution in [2.75, 3.05) is 11.9 Å². The third-order valence-electron chi connectivity index (χ3n) is 3.66. The van der Waals surface area contributed by atoms with E-state index in [-0.39, 0.29) is 11.9 Å². The molecule has 0 saturated carbocycles. The summed E-state index contributed by atoms with van der Waals surface area (Å²) in [5.41, 5.74) is 2.17. The molecular formula is C15H22N2O. The van der Waals surface area contributed by atoms with Gasteiger partial charge in [0.1, 0.15) is 0 Å². The Balaban J connectivity index is 1.98. The molecule has 3 nitrogen and oxygen atoms in total. The lowest BCUT2D eigenvalue weighted by Gasteiger charge is -2.15. The van der Waals surface area contributed by atoms with E-state index in [1.807, 2.05) is 12.1 Å². The van der Waals surface area contributed by atoms with Crippen molar-refractivity contribution in [3.05, 3.63) is 29.8 Å². The standard InChI is InChI=1S/C15H22N2O/c1-10(2)12-4-6-13(7-5-12)17-15(18)14-11(3)8-9-16-14/h4-7,10-11,14,16H,8-9H2,1-3H3,(H,17,18). The number of anilines is 1. The van der Waals surface area contributed by atoms with Gasteiger partial charge in [0.05, 0.1) is 6.04 Å². The van der Waals surface area contributed by atoms with Crippen molar-refractivity contribution in [2.24, 2.45) is 5.92 Å². The molecule has 1 fully saturated rings. The lowest BCUT2D eigenvalue weighted by molar-refractivity contribution is -0.118. The van der Waals surface area contributed by atoms with Gasteiger partial charge in [-0.3, -0.25) is 4.79 Å². The molecule has 0 aliphatic carbocycles. The van der Waals surface area contributed by atoms with Gasteiger partial charge in [0.15, 0.2) is 0 Å². The second kappa shape index (κ2) is 5.53. The van der Waals surface area contributed by atoms with E-state index in [0.29, 0.717) is 11.8 Å². The molecule has 2 N–H and O–H groups in total. The summed E-state index contributed by atoms with van der Waals surface area (Å²) in [6.45, 7) is 7.38. The van der Waals surface area contributed by atoms with Crippen LogP contribution in [0.4, 0.5) is 5.69 Å². The summed E-state index contributed by atoms with van der Waals surface area (Å²) >= 11 is 0. The van der Waals surface area contributed by atoms with Crippen molar-refractivity contribution in [3.8, 4) is 0 Å². The summed E-state index contributed by atoms with van der Waals surface area (Å²) < 4.78 is 0. The van der Waals surface area contributed by atoms with Crippen molar-refractivity contribution in [3.63, 3.8) is 0 Å². The molecule has 2 rings (SSSR count). The molecule has 0 aromatic heterocycles. The Labute approximate surface area is 109 Å². The van der Waals surface area contributed by atoms with Crippen LogP contribution in [0.1, 0.15) is 38.7 Å². The Hall–Kier alpha value is -1.35. The fourth-order valence-electron chi connectivity index (χ4n) is 2.36. The van der Waals surface area contributed by atoms with Gasteiger partial charge < -0.3 is 10.6 Å². The van der Waals surface area contributed by atoms with E-state index in [0.717, 1.165) is 18.7 Å². The van der Waals surface area contributed by atoms with Gasteiger partial charge in [-0.2, -0.15) is 0 Å². The first-order chi connectivity index (χ1) is 8.58. The van der Waals surface area contributed by atoms with Crippen LogP contribution in [0.25, 0.3) is 0 Å². The van der Waals surface area contributed by atoms with Crippen molar-refractivity contribution in [1.29, 1.82) is 0 Å². The molecule has 18 heavy (non-hydrogen) atoms. The Kier molecular flexibility index (Phi) is 4.02. The van der Waals surface area contributed by atoms with Gasteiger partial charge in [-0.05, 0) is 42.5 Å². The minimum absolute atomic E-state index is 0.0465. The van der Waals surface area contributed by atoms with Gasteiger partial charge in [-0.25, -0.2) is 0 Å². The Morgan fingerprint density at radius 3 is 2.50 bits per heavy atom. The molecule has 0 radical (unpaired) electrons. The van der Waals surface area contributed by atoms with Crippen molar-refractivity contribution in [1.82, 2.24) is 5.32 Å². The number of benzene rings is 1. The number of hydrogen-bond acceptors (Lipinski definition) is 2. The molecule has 1 heterocycles. The van der Waals surface area contributed by atoms with Crippen LogP contribution in [0.5, 0.6) is 0 Å². The average Bonchev–Trinajstić information content (AvgIpc) is 2.76. The van der Waals surface area contributed by atoms with Gasteiger partial charge >= 0.3 is 0 Å². The minimum Gasteiger partial charge on any atom is -0.325 e. The van der Waals surface area contributed by atoms with E-state index in [9.17, 15) is 4.79 Å². The fourth-order valence-corrected chi connectivity index (χ4v) is 2.36. The predicted octanol–water partition coefficient (Wildman–Crippen LogP) is 2.75. The van der Waals surface area contributed by atoms with Gasteiger partial charge in [0, 0.05) is 5.69 Å². The number of carbonyl (C=O) groups is 1. The molecule has 2 atom stereocenters. The van der Waals surface area contributed by atoms with Crippen LogP contribution in [0.3, 0.4) is 0 Å². The second-order valence-electron chi connectivity index (χ2n) is 5.46. The Morgan fingerprint density at radius 1 is 1.33 bits per heavy atom. The zero-order chi connectivity index (χ0) is 13.1. The molecule has 1 aliphatic rings. The normalized spacial score (nSPS) is 23.3. The van der Waals surface area contributed by atoms with Crippen LogP contribution in [0.15, 0.2) is 24.3 Å². The highest BCUT2D eigenvalue weighted by atomic mass is 16.2. The van der Waals surface area contributed by atoms with Crippen LogP contribution < -0.4 is 10.6 Å². The molecule has 2 unspecified atom stereocenters. The van der Waals surface area contributed by atoms with Crippen molar-refractivity contribution >= 4 is 11.6 Å². The SMILES string of the molecule is CC(C)c1ccc(NC(=O)C2NCCC2C)cc1. The minimum atomic E-state index is -0.0465. The third kappa shape index (κ3) is 2.91. The smallest absolute Gasteiger partial charge is 0.241 e. The lowest BCUT2D eigenvalue weighted by atomic mass is 10.0. The van der Waals surface area contributed by atoms with E-state index < -0.39 is 0 Å². The maximum absolute atomic E-state index is 12.1. The fraction of sp³-hybridized carbons (Fsp3) is 0.533. The van der Waals surface area contributed by atoms with E-state index in [2.05, 4.69) is 43.5 Å². The molecule has 1 amide bonds. The third-order valence-corrected chi connectivity index (χ3v) is 3.66. The topological polar surface area (TPSA) is 41.1 Å². The average molecular weight is 246 g/mol. The van der Waals surface area contributed by atoms with Crippen molar-refractivity contribution in [2.45, 2.75) is 39.2 Å². The van der Waals surface area contributed by atoms with Gasteiger partial charge in [0.25, 0.3) is 0 Å². The van der Waals surface area contributed by atoms with Gasteiger partial charge in [0.2, 0.25) is 5.91 Å². The number of amides is 1. The zero-order valence-electron chi connectivity index (χ0n) is 11.4. The summed E-state index contributed by atoms with van der Waals surface area (Å²) in [6, 6.07) is 8.06. The lowest BCUT2D eigenvalue weighted by Crippen LogP contribution is -2.39. The number of nitrogens with one attached hydrogen (secondary N) is 2. The van der Waals surface area contributed by atoms with Crippen molar-refractivity contribution < 1.29 is 4.79 Å². The Bertz CT molecular complexity index is 411. The Morgan fingerprint density at radius 2 is 2.00 bits per heavy atom. The predicted molar refractivity (Wildman–Crippen MR) is 74.7 cm³/mol. The maximum atomic E-state index is 12.1. The van der Waals surface area contributed by atoms with E-state index in [4.69, 9.17) is 0 Å². The molecule has 0 bridgehead atoms. The largest absolute Gasteiger partial charge is 0.325 e. The molecule has 1 aliphatic heterocycles. The summed E-state index contributed by atoms with van der Waals surface area (Å²) in [6.07, 6.45) is 1.07. The number of rotatable bonds is 3. The quantitative estimate of drug-likeness (QED) is 0.861. The van der Waals surface area contributed by atoms with Crippen LogP contribution in [0.2, 0.25) is 0 Å². The molecular weight excluding hydrogens is 224 g/mol. The molecule has 0 spiro atoms. The summed E-state index contributed by atoms with van der Waals surface area (Å²) in [5.74, 6) is 1.02. The number of carbonyl (C=O) groups excluding carboxylic acids is 1. The monoisotopic (exact) mass is 246 g/mol. The highest BCUT2D eigenvalue weighted by Crippen LogP contribution is 2.19. The highest BCUT2D eigenvalue weighted by Gasteiger charge is 2.29. The van der Waals surface area contributed by atoms with Gasteiger partial charge in [-0.15, -0.1) is 0 Å². The first-order valence-electron chi connectivity index (χ1n) is 6.72.